The molecule has 2 aromatic rings. The number of esters is 1. The Labute approximate surface area is 116 Å². The third kappa shape index (κ3) is 2.15. The summed E-state index contributed by atoms with van der Waals surface area (Å²) in [5.74, 6) is -0.965. The maximum atomic E-state index is 11.8. The molecule has 0 spiro atoms. The van der Waals surface area contributed by atoms with Crippen LogP contribution in [-0.4, -0.2) is 11.9 Å². The molecule has 3 rings (SSSR count). The summed E-state index contributed by atoms with van der Waals surface area (Å²) in [5.41, 5.74) is 1.27. The van der Waals surface area contributed by atoms with Crippen LogP contribution in [0.5, 0.6) is 0 Å². The molecular formula is C13H8BrNO4. The lowest BCUT2D eigenvalue weighted by molar-refractivity contribution is -0.124. The molecule has 0 aliphatic carbocycles. The predicted octanol–water partition coefficient (Wildman–Crippen LogP) is 2.89. The van der Waals surface area contributed by atoms with Gasteiger partial charge in [0.05, 0.1) is 6.26 Å². The molecule has 1 aliphatic heterocycles. The second kappa shape index (κ2) is 4.55. The van der Waals surface area contributed by atoms with Gasteiger partial charge in [0.15, 0.2) is 0 Å². The van der Waals surface area contributed by atoms with Gasteiger partial charge in [0.1, 0.15) is 0 Å². The molecule has 0 bridgehead atoms. The molecule has 0 fully saturated rings. The normalized spacial score (nSPS) is 16.9. The van der Waals surface area contributed by atoms with Crippen LogP contribution in [0.2, 0.25) is 0 Å². The van der Waals surface area contributed by atoms with E-state index in [9.17, 15) is 9.59 Å². The summed E-state index contributed by atoms with van der Waals surface area (Å²) in [5, 5.41) is 2.66. The van der Waals surface area contributed by atoms with Gasteiger partial charge in [-0.25, -0.2) is 4.79 Å². The Morgan fingerprint density at radius 2 is 2.21 bits per heavy atom. The molecule has 0 saturated carbocycles. The van der Waals surface area contributed by atoms with Gasteiger partial charge in [0, 0.05) is 15.7 Å². The molecule has 1 unspecified atom stereocenters. The van der Waals surface area contributed by atoms with E-state index in [1.54, 1.807) is 24.3 Å². The first-order valence-corrected chi connectivity index (χ1v) is 6.29. The topological polar surface area (TPSA) is 68.5 Å². The first kappa shape index (κ1) is 12.0. The van der Waals surface area contributed by atoms with Crippen molar-refractivity contribution in [1.82, 2.24) is 0 Å². The molecule has 0 saturated heterocycles. The third-order valence-corrected chi connectivity index (χ3v) is 3.23. The van der Waals surface area contributed by atoms with E-state index in [4.69, 9.17) is 9.15 Å². The minimum absolute atomic E-state index is 0.0679. The Morgan fingerprint density at radius 1 is 1.37 bits per heavy atom. The van der Waals surface area contributed by atoms with Crippen LogP contribution >= 0.6 is 15.9 Å². The van der Waals surface area contributed by atoms with Gasteiger partial charge in [-0.1, -0.05) is 22.0 Å². The first-order valence-electron chi connectivity index (χ1n) is 5.50. The first-order chi connectivity index (χ1) is 9.15. The zero-order chi connectivity index (χ0) is 13.4. The van der Waals surface area contributed by atoms with Gasteiger partial charge >= 0.3 is 5.97 Å². The van der Waals surface area contributed by atoms with Crippen molar-refractivity contribution >= 4 is 33.5 Å². The molecule has 19 heavy (non-hydrogen) atoms. The molecule has 1 N–H and O–H groups in total. The number of anilines is 1. The Bertz CT molecular complexity index is 651. The van der Waals surface area contributed by atoms with Crippen molar-refractivity contribution in [1.29, 1.82) is 0 Å². The largest absolute Gasteiger partial charge is 0.457 e. The summed E-state index contributed by atoms with van der Waals surface area (Å²) in [6, 6.07) is 8.34. The zero-order valence-corrected chi connectivity index (χ0v) is 11.1. The number of halogens is 1. The lowest BCUT2D eigenvalue weighted by atomic mass is 10.1. The Hall–Kier alpha value is -2.08. The second-order valence-corrected chi connectivity index (χ2v) is 4.90. The number of hydrogen-bond donors (Lipinski definition) is 1. The minimum atomic E-state index is -0.944. The van der Waals surface area contributed by atoms with Gasteiger partial charge in [0.2, 0.25) is 11.9 Å². The number of fused-ring (bicyclic) bond motifs is 1. The molecule has 2 heterocycles. The lowest BCUT2D eigenvalue weighted by Crippen LogP contribution is -2.18. The monoisotopic (exact) mass is 321 g/mol. The molecule has 1 aromatic carbocycles. The fraction of sp³-hybridized carbons (Fsp3) is 0.0769. The van der Waals surface area contributed by atoms with Crippen molar-refractivity contribution in [2.75, 3.05) is 5.32 Å². The van der Waals surface area contributed by atoms with E-state index in [0.29, 0.717) is 11.3 Å². The van der Waals surface area contributed by atoms with Crippen molar-refractivity contribution in [3.8, 4) is 0 Å². The molecule has 1 atom stereocenters. The van der Waals surface area contributed by atoms with Crippen molar-refractivity contribution in [2.45, 2.75) is 6.10 Å². The van der Waals surface area contributed by atoms with E-state index < -0.39 is 12.1 Å². The van der Waals surface area contributed by atoms with Gasteiger partial charge in [0.25, 0.3) is 5.91 Å². The summed E-state index contributed by atoms with van der Waals surface area (Å²) in [6.45, 7) is 0. The van der Waals surface area contributed by atoms with E-state index >= 15 is 0 Å². The molecule has 5 nitrogen and oxygen atoms in total. The van der Waals surface area contributed by atoms with Crippen LogP contribution in [0.4, 0.5) is 5.69 Å². The Morgan fingerprint density at radius 3 is 2.95 bits per heavy atom. The lowest BCUT2D eigenvalue weighted by Gasteiger charge is -2.09. The van der Waals surface area contributed by atoms with E-state index in [1.807, 2.05) is 0 Å². The molecule has 1 aliphatic rings. The highest BCUT2D eigenvalue weighted by atomic mass is 79.9. The summed E-state index contributed by atoms with van der Waals surface area (Å²) < 4.78 is 10.9. The van der Waals surface area contributed by atoms with Crippen LogP contribution in [0, 0.1) is 0 Å². The smallest absolute Gasteiger partial charge is 0.375 e. The predicted molar refractivity (Wildman–Crippen MR) is 69.6 cm³/mol. The third-order valence-electron chi connectivity index (χ3n) is 2.74. The van der Waals surface area contributed by atoms with Crippen LogP contribution in [-0.2, 0) is 9.53 Å². The van der Waals surface area contributed by atoms with E-state index in [2.05, 4.69) is 21.2 Å². The molecular weight excluding hydrogens is 314 g/mol. The van der Waals surface area contributed by atoms with Crippen molar-refractivity contribution < 1.29 is 18.7 Å². The molecule has 0 radical (unpaired) electrons. The van der Waals surface area contributed by atoms with Crippen LogP contribution < -0.4 is 5.32 Å². The molecule has 6 heteroatoms. The molecule has 96 valence electrons. The number of benzene rings is 1. The molecule has 1 aromatic heterocycles. The zero-order valence-electron chi connectivity index (χ0n) is 9.55. The van der Waals surface area contributed by atoms with Gasteiger partial charge in [-0.15, -0.1) is 0 Å². The number of ether oxygens (including phenoxy) is 1. The number of rotatable bonds is 2. The molecule has 1 amide bonds. The number of nitrogens with one attached hydrogen (secondary N) is 1. The van der Waals surface area contributed by atoms with Gasteiger partial charge in [-0.2, -0.15) is 0 Å². The van der Waals surface area contributed by atoms with Gasteiger partial charge < -0.3 is 14.5 Å². The second-order valence-electron chi connectivity index (χ2n) is 3.98. The number of hydrogen-bond acceptors (Lipinski definition) is 4. The van der Waals surface area contributed by atoms with E-state index in [0.717, 1.165) is 4.47 Å². The number of furan rings is 1. The fourth-order valence-electron chi connectivity index (χ4n) is 1.88. The van der Waals surface area contributed by atoms with E-state index in [-0.39, 0.29) is 11.7 Å². The van der Waals surface area contributed by atoms with Gasteiger partial charge in [-0.3, -0.25) is 4.79 Å². The Balaban J connectivity index is 1.87. The number of carbonyl (C=O) groups excluding carboxylic acids is 2. The SMILES string of the molecule is O=C(OC1C(=O)Nc2cc(Br)ccc21)c1ccco1. The summed E-state index contributed by atoms with van der Waals surface area (Å²) in [4.78, 5) is 23.6. The summed E-state index contributed by atoms with van der Waals surface area (Å²) in [7, 11) is 0. The van der Waals surface area contributed by atoms with Crippen molar-refractivity contribution in [3.63, 3.8) is 0 Å². The van der Waals surface area contributed by atoms with Crippen LogP contribution in [0.1, 0.15) is 22.2 Å². The summed E-state index contributed by atoms with van der Waals surface area (Å²) >= 11 is 3.31. The van der Waals surface area contributed by atoms with Crippen LogP contribution in [0.25, 0.3) is 0 Å². The summed E-state index contributed by atoms with van der Waals surface area (Å²) in [6.07, 6.45) is 0.428. The number of carbonyl (C=O) groups is 2. The highest BCUT2D eigenvalue weighted by Gasteiger charge is 2.34. The Kier molecular flexibility index (Phi) is 2.87. The fourth-order valence-corrected chi connectivity index (χ4v) is 2.24. The highest BCUT2D eigenvalue weighted by Crippen LogP contribution is 2.35. The average molecular weight is 322 g/mol. The highest BCUT2D eigenvalue weighted by molar-refractivity contribution is 9.10. The maximum Gasteiger partial charge on any atom is 0.375 e. The van der Waals surface area contributed by atoms with Crippen molar-refractivity contribution in [2.24, 2.45) is 0 Å². The standard InChI is InChI=1S/C13H8BrNO4/c14-7-3-4-8-9(6-7)15-12(16)11(8)19-13(17)10-2-1-5-18-10/h1-6,11H,(H,15,16). The van der Waals surface area contributed by atoms with E-state index in [1.165, 1.54) is 12.3 Å². The quantitative estimate of drug-likeness (QED) is 0.863. The average Bonchev–Trinajstić information content (AvgIpc) is 2.98. The van der Waals surface area contributed by atoms with Crippen molar-refractivity contribution in [3.05, 3.63) is 52.4 Å². The van der Waals surface area contributed by atoms with Crippen LogP contribution in [0.15, 0.2) is 45.5 Å². The van der Waals surface area contributed by atoms with Crippen LogP contribution in [0.3, 0.4) is 0 Å². The maximum absolute atomic E-state index is 11.8. The number of amides is 1. The van der Waals surface area contributed by atoms with Gasteiger partial charge in [-0.05, 0) is 24.3 Å². The minimum Gasteiger partial charge on any atom is -0.457 e.